The third-order valence-electron chi connectivity index (χ3n) is 5.96. The minimum absolute atomic E-state index is 0.141. The third-order valence-corrected chi connectivity index (χ3v) is 6.52. The van der Waals surface area contributed by atoms with Gasteiger partial charge in [0, 0.05) is 5.39 Å². The van der Waals surface area contributed by atoms with Crippen LogP contribution in [0, 0.1) is 0 Å². The second-order valence-electron chi connectivity index (χ2n) is 8.32. The SMILES string of the molecule is CCCOc1ccc2c(c1)c(-c1ccc3c(c1)OCO3)c(OC(=O)O)n2Cc1ccc2nsnc2c1. The van der Waals surface area contributed by atoms with Gasteiger partial charge in [-0.3, -0.25) is 0 Å². The molecule has 3 aromatic carbocycles. The topological polar surface area (TPSA) is 105 Å². The van der Waals surface area contributed by atoms with Crippen LogP contribution >= 0.6 is 11.7 Å². The Morgan fingerprint density at radius 1 is 1.06 bits per heavy atom. The number of hydrogen-bond acceptors (Lipinski definition) is 8. The molecule has 9 nitrogen and oxygen atoms in total. The monoisotopic (exact) mass is 503 g/mol. The average molecular weight is 504 g/mol. The molecule has 0 spiro atoms. The summed E-state index contributed by atoms with van der Waals surface area (Å²) in [7, 11) is 0. The third kappa shape index (κ3) is 3.95. The van der Waals surface area contributed by atoms with Crippen molar-refractivity contribution in [1.29, 1.82) is 0 Å². The molecule has 0 amide bonds. The molecule has 0 saturated carbocycles. The van der Waals surface area contributed by atoms with Gasteiger partial charge in [0.15, 0.2) is 11.5 Å². The van der Waals surface area contributed by atoms with E-state index in [1.807, 2.05) is 66.1 Å². The number of nitrogens with zero attached hydrogens (tertiary/aromatic N) is 3. The predicted molar refractivity (Wildman–Crippen MR) is 134 cm³/mol. The summed E-state index contributed by atoms with van der Waals surface area (Å²) in [5, 5.41) is 10.5. The lowest BCUT2D eigenvalue weighted by atomic mass is 10.0. The second kappa shape index (κ2) is 9.04. The van der Waals surface area contributed by atoms with Crippen molar-refractivity contribution in [2.75, 3.05) is 13.4 Å². The van der Waals surface area contributed by atoms with Gasteiger partial charge in [-0.25, -0.2) is 4.79 Å². The summed E-state index contributed by atoms with van der Waals surface area (Å²) in [4.78, 5) is 11.8. The number of benzene rings is 3. The highest BCUT2D eigenvalue weighted by Crippen LogP contribution is 2.45. The largest absolute Gasteiger partial charge is 0.512 e. The van der Waals surface area contributed by atoms with Crippen molar-refractivity contribution in [1.82, 2.24) is 13.3 Å². The molecule has 2 aromatic heterocycles. The molecule has 0 fully saturated rings. The van der Waals surface area contributed by atoms with Gasteiger partial charge >= 0.3 is 6.16 Å². The van der Waals surface area contributed by atoms with Crippen molar-refractivity contribution < 1.29 is 28.8 Å². The van der Waals surface area contributed by atoms with Gasteiger partial charge in [-0.15, -0.1) is 0 Å². The van der Waals surface area contributed by atoms with Crippen LogP contribution in [0.5, 0.6) is 23.1 Å². The fourth-order valence-corrected chi connectivity index (χ4v) is 4.92. The van der Waals surface area contributed by atoms with E-state index in [9.17, 15) is 9.90 Å². The second-order valence-corrected chi connectivity index (χ2v) is 8.85. The predicted octanol–water partition coefficient (Wildman–Crippen LogP) is 5.94. The Hall–Kier alpha value is -4.31. The number of aromatic nitrogens is 3. The fraction of sp³-hybridized carbons (Fsp3) is 0.192. The molecule has 6 rings (SSSR count). The highest BCUT2D eigenvalue weighted by Gasteiger charge is 2.25. The lowest BCUT2D eigenvalue weighted by molar-refractivity contribution is 0.141. The first-order valence-electron chi connectivity index (χ1n) is 11.4. The number of fused-ring (bicyclic) bond motifs is 3. The first-order valence-corrected chi connectivity index (χ1v) is 12.1. The van der Waals surface area contributed by atoms with Crippen LogP contribution in [0.15, 0.2) is 54.6 Å². The van der Waals surface area contributed by atoms with E-state index in [1.54, 1.807) is 0 Å². The Morgan fingerprint density at radius 3 is 2.78 bits per heavy atom. The van der Waals surface area contributed by atoms with E-state index < -0.39 is 6.16 Å². The van der Waals surface area contributed by atoms with Crippen molar-refractivity contribution in [2.45, 2.75) is 19.9 Å². The number of rotatable bonds is 7. The minimum atomic E-state index is -1.40. The van der Waals surface area contributed by atoms with Gasteiger partial charge in [-0.05, 0) is 60.0 Å². The van der Waals surface area contributed by atoms with E-state index in [4.69, 9.17) is 18.9 Å². The molecule has 1 N–H and O–H groups in total. The summed E-state index contributed by atoms with van der Waals surface area (Å²) in [5.41, 5.74) is 4.73. The van der Waals surface area contributed by atoms with E-state index in [-0.39, 0.29) is 12.7 Å². The van der Waals surface area contributed by atoms with E-state index >= 15 is 0 Å². The van der Waals surface area contributed by atoms with E-state index in [2.05, 4.69) is 8.75 Å². The highest BCUT2D eigenvalue weighted by atomic mass is 32.1. The molecule has 0 aliphatic carbocycles. The van der Waals surface area contributed by atoms with Crippen molar-refractivity contribution >= 4 is 39.8 Å². The Morgan fingerprint density at radius 2 is 1.92 bits per heavy atom. The zero-order chi connectivity index (χ0) is 24.6. The number of ether oxygens (including phenoxy) is 4. The minimum Gasteiger partial charge on any atom is -0.494 e. The van der Waals surface area contributed by atoms with Crippen LogP contribution in [0.25, 0.3) is 33.1 Å². The number of carboxylic acid groups (broad SMARTS) is 1. The van der Waals surface area contributed by atoms with Crippen LogP contribution in [-0.4, -0.2) is 38.0 Å². The van der Waals surface area contributed by atoms with Crippen molar-refractivity contribution in [3.8, 4) is 34.3 Å². The maximum Gasteiger partial charge on any atom is 0.512 e. The maximum absolute atomic E-state index is 11.8. The van der Waals surface area contributed by atoms with Crippen LogP contribution in [0.3, 0.4) is 0 Å². The van der Waals surface area contributed by atoms with E-state index in [0.29, 0.717) is 36.0 Å². The van der Waals surface area contributed by atoms with Gasteiger partial charge in [0.05, 0.1) is 36.0 Å². The van der Waals surface area contributed by atoms with Crippen LogP contribution < -0.4 is 18.9 Å². The molecule has 36 heavy (non-hydrogen) atoms. The average Bonchev–Trinajstić information content (AvgIpc) is 3.60. The molecular formula is C26H21N3O6S. The summed E-state index contributed by atoms with van der Waals surface area (Å²) in [6, 6.07) is 17.1. The van der Waals surface area contributed by atoms with Gasteiger partial charge in [0.25, 0.3) is 0 Å². The van der Waals surface area contributed by atoms with E-state index in [1.165, 1.54) is 0 Å². The summed E-state index contributed by atoms with van der Waals surface area (Å²) < 4.78 is 32.8. The first kappa shape index (κ1) is 22.2. The molecule has 0 saturated heterocycles. The summed E-state index contributed by atoms with van der Waals surface area (Å²) in [5.74, 6) is 2.13. The fourth-order valence-electron chi connectivity index (χ4n) is 4.41. The first-order chi connectivity index (χ1) is 17.6. The highest BCUT2D eigenvalue weighted by molar-refractivity contribution is 7.00. The zero-order valence-corrected chi connectivity index (χ0v) is 20.1. The Kier molecular flexibility index (Phi) is 5.57. The molecule has 0 unspecified atom stereocenters. The molecule has 5 aromatic rings. The maximum atomic E-state index is 11.8. The molecule has 1 aliphatic rings. The van der Waals surface area contributed by atoms with Gasteiger partial charge in [0.2, 0.25) is 12.7 Å². The van der Waals surface area contributed by atoms with Gasteiger partial charge in [-0.1, -0.05) is 19.1 Å². The summed E-state index contributed by atoms with van der Waals surface area (Å²) in [6.45, 7) is 3.13. The molecule has 3 heterocycles. The quantitative estimate of drug-likeness (QED) is 0.272. The molecule has 182 valence electrons. The van der Waals surface area contributed by atoms with E-state index in [0.717, 1.165) is 51.2 Å². The van der Waals surface area contributed by atoms with Gasteiger partial charge < -0.3 is 28.6 Å². The Bertz CT molecular complexity index is 1610. The molecule has 0 atom stereocenters. The van der Waals surface area contributed by atoms with Gasteiger partial charge in [-0.2, -0.15) is 8.75 Å². The lowest BCUT2D eigenvalue weighted by Gasteiger charge is -2.11. The molecule has 1 aliphatic heterocycles. The zero-order valence-electron chi connectivity index (χ0n) is 19.3. The molecular weight excluding hydrogens is 482 g/mol. The smallest absolute Gasteiger partial charge is 0.494 e. The standard InChI is InChI=1S/C26H21N3O6S/c1-2-9-32-17-5-7-21-18(12-17)24(16-4-8-22-23(11-16)34-14-33-22)25(35-26(30)31)29(21)13-15-3-6-19-20(10-15)28-36-27-19/h3-8,10-12H,2,9,13-14H2,1H3,(H,30,31). The molecule has 0 bridgehead atoms. The van der Waals surface area contributed by atoms with Gasteiger partial charge in [0.1, 0.15) is 16.8 Å². The van der Waals surface area contributed by atoms with Crippen molar-refractivity contribution in [2.24, 2.45) is 0 Å². The van der Waals surface area contributed by atoms with Crippen LogP contribution in [0.2, 0.25) is 0 Å². The summed E-state index contributed by atoms with van der Waals surface area (Å²) in [6.07, 6.45) is -0.530. The van der Waals surface area contributed by atoms with Crippen molar-refractivity contribution in [3.05, 3.63) is 60.2 Å². The van der Waals surface area contributed by atoms with Crippen LogP contribution in [-0.2, 0) is 6.54 Å². The Balaban J connectivity index is 1.57. The molecule has 10 heteroatoms. The van der Waals surface area contributed by atoms with Crippen LogP contribution in [0.4, 0.5) is 4.79 Å². The van der Waals surface area contributed by atoms with Crippen LogP contribution in [0.1, 0.15) is 18.9 Å². The lowest BCUT2D eigenvalue weighted by Crippen LogP contribution is -2.10. The Labute approximate surface area is 209 Å². The number of hydrogen-bond donors (Lipinski definition) is 1. The normalized spacial score (nSPS) is 12.4. The molecule has 0 radical (unpaired) electrons. The van der Waals surface area contributed by atoms with Crippen molar-refractivity contribution in [3.63, 3.8) is 0 Å². The number of carbonyl (C=O) groups is 1. The summed E-state index contributed by atoms with van der Waals surface area (Å²) >= 11 is 1.16.